The van der Waals surface area contributed by atoms with Crippen LogP contribution in [0.15, 0.2) is 30.5 Å². The normalized spacial score (nSPS) is 11.2. The van der Waals surface area contributed by atoms with E-state index in [2.05, 4.69) is 58.4 Å². The SMILES string of the molecule is Cc1cnc(NC(C)(C)C)nc1Nc1cccc(N(C)C)c1. The molecule has 0 unspecified atom stereocenters. The van der Waals surface area contributed by atoms with Crippen molar-refractivity contribution in [2.24, 2.45) is 0 Å². The van der Waals surface area contributed by atoms with Gasteiger partial charge in [-0.25, -0.2) is 4.98 Å². The van der Waals surface area contributed by atoms with E-state index in [-0.39, 0.29) is 5.54 Å². The first-order valence-corrected chi connectivity index (χ1v) is 7.41. The van der Waals surface area contributed by atoms with Crippen LogP contribution in [-0.4, -0.2) is 29.6 Å². The maximum Gasteiger partial charge on any atom is 0.225 e. The molecule has 5 nitrogen and oxygen atoms in total. The van der Waals surface area contributed by atoms with E-state index >= 15 is 0 Å². The maximum atomic E-state index is 4.58. The van der Waals surface area contributed by atoms with Crippen LogP contribution in [0.2, 0.25) is 0 Å². The van der Waals surface area contributed by atoms with Crippen LogP contribution in [0.3, 0.4) is 0 Å². The summed E-state index contributed by atoms with van der Waals surface area (Å²) in [5.41, 5.74) is 3.09. The molecule has 1 aromatic heterocycles. The highest BCUT2D eigenvalue weighted by atomic mass is 15.2. The van der Waals surface area contributed by atoms with Crippen molar-refractivity contribution in [3.63, 3.8) is 0 Å². The minimum absolute atomic E-state index is 0.0721. The van der Waals surface area contributed by atoms with Crippen LogP contribution in [0.25, 0.3) is 0 Å². The third-order valence-corrected chi connectivity index (χ3v) is 3.08. The summed E-state index contributed by atoms with van der Waals surface area (Å²) in [6.45, 7) is 8.26. The first kappa shape index (κ1) is 16.1. The van der Waals surface area contributed by atoms with Gasteiger partial charge in [-0.3, -0.25) is 0 Å². The molecule has 0 radical (unpaired) electrons. The first-order chi connectivity index (χ1) is 10.2. The second-order valence-corrected chi connectivity index (χ2v) is 6.67. The number of rotatable bonds is 4. The van der Waals surface area contributed by atoms with Gasteiger partial charge < -0.3 is 15.5 Å². The molecule has 5 heteroatoms. The highest BCUT2D eigenvalue weighted by Crippen LogP contribution is 2.23. The van der Waals surface area contributed by atoms with Gasteiger partial charge in [0.15, 0.2) is 0 Å². The van der Waals surface area contributed by atoms with Crippen LogP contribution in [0.1, 0.15) is 26.3 Å². The Labute approximate surface area is 132 Å². The Morgan fingerprint density at radius 1 is 1.14 bits per heavy atom. The van der Waals surface area contributed by atoms with Crippen LogP contribution >= 0.6 is 0 Å². The van der Waals surface area contributed by atoms with Crippen LogP contribution in [0, 0.1) is 6.92 Å². The number of benzene rings is 1. The zero-order valence-corrected chi connectivity index (χ0v) is 14.2. The average molecular weight is 299 g/mol. The Balaban J connectivity index is 2.25. The van der Waals surface area contributed by atoms with Gasteiger partial charge in [0.2, 0.25) is 5.95 Å². The zero-order valence-electron chi connectivity index (χ0n) is 14.2. The molecule has 118 valence electrons. The number of aromatic nitrogens is 2. The quantitative estimate of drug-likeness (QED) is 0.899. The molecule has 0 aliphatic heterocycles. The standard InChI is InChI=1S/C17H25N5/c1-12-11-18-16(21-17(2,3)4)20-15(12)19-13-8-7-9-14(10-13)22(5)6/h7-11H,1-6H3,(H2,18,19,20,21). The summed E-state index contributed by atoms with van der Waals surface area (Å²) in [5.74, 6) is 1.45. The van der Waals surface area contributed by atoms with Gasteiger partial charge >= 0.3 is 0 Å². The molecule has 0 spiro atoms. The summed E-state index contributed by atoms with van der Waals surface area (Å²) in [7, 11) is 4.06. The predicted octanol–water partition coefficient (Wildman–Crippen LogP) is 3.81. The van der Waals surface area contributed by atoms with Gasteiger partial charge in [0, 0.05) is 42.8 Å². The van der Waals surface area contributed by atoms with Gasteiger partial charge in [-0.2, -0.15) is 4.98 Å². The Hall–Kier alpha value is -2.30. The molecule has 0 saturated heterocycles. The van der Waals surface area contributed by atoms with E-state index in [1.807, 2.05) is 39.3 Å². The van der Waals surface area contributed by atoms with E-state index in [9.17, 15) is 0 Å². The van der Waals surface area contributed by atoms with Gasteiger partial charge in [-0.1, -0.05) is 6.07 Å². The number of hydrogen-bond donors (Lipinski definition) is 2. The fourth-order valence-electron chi connectivity index (χ4n) is 1.96. The molecule has 0 atom stereocenters. The largest absolute Gasteiger partial charge is 0.378 e. The van der Waals surface area contributed by atoms with Crippen LogP contribution < -0.4 is 15.5 Å². The number of hydrogen-bond acceptors (Lipinski definition) is 5. The highest BCUT2D eigenvalue weighted by molar-refractivity contribution is 5.65. The zero-order chi connectivity index (χ0) is 16.3. The molecular weight excluding hydrogens is 274 g/mol. The monoisotopic (exact) mass is 299 g/mol. The molecule has 0 aliphatic carbocycles. The number of nitrogens with one attached hydrogen (secondary N) is 2. The molecule has 0 aliphatic rings. The Kier molecular flexibility index (Phi) is 4.54. The second kappa shape index (κ2) is 6.22. The second-order valence-electron chi connectivity index (χ2n) is 6.67. The summed E-state index contributed by atoms with van der Waals surface area (Å²) < 4.78 is 0. The lowest BCUT2D eigenvalue weighted by atomic mass is 10.1. The lowest BCUT2D eigenvalue weighted by Gasteiger charge is -2.21. The van der Waals surface area contributed by atoms with Gasteiger partial charge in [-0.15, -0.1) is 0 Å². The third-order valence-electron chi connectivity index (χ3n) is 3.08. The molecule has 1 heterocycles. The van der Waals surface area contributed by atoms with Crippen molar-refractivity contribution in [1.29, 1.82) is 0 Å². The molecule has 0 bridgehead atoms. The Bertz CT molecular complexity index is 644. The van der Waals surface area contributed by atoms with Gasteiger partial charge in [0.05, 0.1) is 0 Å². The molecule has 0 amide bonds. The highest BCUT2D eigenvalue weighted by Gasteiger charge is 2.12. The summed E-state index contributed by atoms with van der Waals surface area (Å²) in [5, 5.41) is 6.67. The molecular formula is C17H25N5. The Morgan fingerprint density at radius 3 is 2.50 bits per heavy atom. The fraction of sp³-hybridized carbons (Fsp3) is 0.412. The van der Waals surface area contributed by atoms with Crippen LogP contribution in [-0.2, 0) is 0 Å². The van der Waals surface area contributed by atoms with E-state index < -0.39 is 0 Å². The van der Waals surface area contributed by atoms with Crippen molar-refractivity contribution in [1.82, 2.24) is 9.97 Å². The van der Waals surface area contributed by atoms with Crippen molar-refractivity contribution < 1.29 is 0 Å². The Morgan fingerprint density at radius 2 is 1.86 bits per heavy atom. The topological polar surface area (TPSA) is 53.1 Å². The third kappa shape index (κ3) is 4.35. The van der Waals surface area contributed by atoms with Crippen LogP contribution in [0.4, 0.5) is 23.1 Å². The van der Waals surface area contributed by atoms with E-state index in [1.54, 1.807) is 0 Å². The van der Waals surface area contributed by atoms with Gasteiger partial charge in [0.25, 0.3) is 0 Å². The summed E-state index contributed by atoms with van der Waals surface area (Å²) in [6.07, 6.45) is 1.83. The first-order valence-electron chi connectivity index (χ1n) is 7.41. The average Bonchev–Trinajstić information content (AvgIpc) is 2.41. The van der Waals surface area contributed by atoms with E-state index in [0.717, 1.165) is 22.8 Å². The predicted molar refractivity (Wildman–Crippen MR) is 94.2 cm³/mol. The van der Waals surface area contributed by atoms with Gasteiger partial charge in [-0.05, 0) is 45.9 Å². The lowest BCUT2D eigenvalue weighted by Crippen LogP contribution is -2.27. The smallest absolute Gasteiger partial charge is 0.225 e. The van der Waals surface area contributed by atoms with Crippen molar-refractivity contribution in [2.45, 2.75) is 33.2 Å². The molecule has 1 aromatic carbocycles. The number of nitrogens with zero attached hydrogens (tertiary/aromatic N) is 3. The molecule has 2 N–H and O–H groups in total. The molecule has 22 heavy (non-hydrogen) atoms. The van der Waals surface area contributed by atoms with Gasteiger partial charge in [0.1, 0.15) is 5.82 Å². The minimum atomic E-state index is -0.0721. The summed E-state index contributed by atoms with van der Waals surface area (Å²) >= 11 is 0. The van der Waals surface area contributed by atoms with Crippen LogP contribution in [0.5, 0.6) is 0 Å². The molecule has 2 rings (SSSR count). The number of aryl methyl sites for hydroxylation is 1. The lowest BCUT2D eigenvalue weighted by molar-refractivity contribution is 0.626. The van der Waals surface area contributed by atoms with Crippen molar-refractivity contribution >= 4 is 23.1 Å². The van der Waals surface area contributed by atoms with E-state index in [0.29, 0.717) is 5.95 Å². The fourth-order valence-corrected chi connectivity index (χ4v) is 1.96. The summed E-state index contributed by atoms with van der Waals surface area (Å²) in [4.78, 5) is 11.0. The molecule has 0 saturated carbocycles. The summed E-state index contributed by atoms with van der Waals surface area (Å²) in [6, 6.07) is 8.23. The minimum Gasteiger partial charge on any atom is -0.378 e. The number of anilines is 4. The van der Waals surface area contributed by atoms with Crippen molar-refractivity contribution in [3.05, 3.63) is 36.0 Å². The molecule has 2 aromatic rings. The molecule has 0 fully saturated rings. The van der Waals surface area contributed by atoms with E-state index in [4.69, 9.17) is 0 Å². The van der Waals surface area contributed by atoms with Crippen molar-refractivity contribution in [2.75, 3.05) is 29.6 Å². The van der Waals surface area contributed by atoms with Crippen molar-refractivity contribution in [3.8, 4) is 0 Å². The maximum absolute atomic E-state index is 4.58. The van der Waals surface area contributed by atoms with E-state index in [1.165, 1.54) is 0 Å².